The standard InChI is InChI=1S/C28H49N.C27H47NO4S/c1-20-17-22(19-24(29)18-20)11-12-23-10-8-16-28(6)25(13-14-26(23)28)21(2)9-7-15-27(3,4)5;1-19(8-6-14-26(2,3)30)24-12-13-25-21(9-7-15-27(24,25)4)11-10-20-16-22(18-23(29)17-20)28-33(5,31)32/h11-12,20-21,24-26H,7-10,13-19,29H2,1-6H3;10-11,19,22-25,28-30H,6-9,12-18H2,1-5H3/b22-11-,23-12+;20-10+,21-11+/t20-,21-,24+,25-,26+,28-;19-,22-,23-,24-,25+,27-/m11/s1. The van der Waals surface area contributed by atoms with Crippen molar-refractivity contribution in [3.8, 4) is 0 Å². The van der Waals surface area contributed by atoms with E-state index in [0.29, 0.717) is 53.4 Å². The zero-order valence-electron chi connectivity index (χ0n) is 41.8. The minimum absolute atomic E-state index is 0.217. The number of hydrogen-bond acceptors (Lipinski definition) is 5. The molecule has 6 aliphatic carbocycles. The van der Waals surface area contributed by atoms with Crippen molar-refractivity contribution in [1.29, 1.82) is 0 Å². The van der Waals surface area contributed by atoms with Gasteiger partial charge in [-0.15, -0.1) is 0 Å². The Bertz CT molecular complexity index is 1680. The van der Waals surface area contributed by atoms with Gasteiger partial charge in [-0.1, -0.05) is 128 Å². The first kappa shape index (κ1) is 51.7. The highest BCUT2D eigenvalue weighted by Crippen LogP contribution is 2.61. The Hall–Kier alpha value is -1.25. The smallest absolute Gasteiger partial charge is 0.208 e. The van der Waals surface area contributed by atoms with Crippen molar-refractivity contribution in [2.24, 2.45) is 63.4 Å². The molecule has 0 radical (unpaired) electrons. The van der Waals surface area contributed by atoms with Gasteiger partial charge in [0.2, 0.25) is 10.0 Å². The predicted octanol–water partition coefficient (Wildman–Crippen LogP) is 13.2. The van der Waals surface area contributed by atoms with Crippen LogP contribution >= 0.6 is 0 Å². The molecule has 6 nitrogen and oxygen atoms in total. The van der Waals surface area contributed by atoms with E-state index in [4.69, 9.17) is 5.73 Å². The van der Waals surface area contributed by atoms with E-state index in [-0.39, 0.29) is 6.04 Å². The first-order valence-corrected chi connectivity index (χ1v) is 27.6. The van der Waals surface area contributed by atoms with Crippen LogP contribution in [0, 0.1) is 57.7 Å². The molecule has 0 aromatic rings. The van der Waals surface area contributed by atoms with E-state index in [1.165, 1.54) is 103 Å². The summed E-state index contributed by atoms with van der Waals surface area (Å²) in [5.74, 6) is 5.43. The van der Waals surface area contributed by atoms with Crippen LogP contribution in [0.2, 0.25) is 0 Å². The Labute approximate surface area is 382 Å². The van der Waals surface area contributed by atoms with Gasteiger partial charge in [0.25, 0.3) is 0 Å². The number of fused-ring (bicyclic) bond motifs is 2. The summed E-state index contributed by atoms with van der Waals surface area (Å²) in [5, 5.41) is 20.3. The molecule has 5 N–H and O–H groups in total. The number of aliphatic hydroxyl groups excluding tert-OH is 1. The van der Waals surface area contributed by atoms with Gasteiger partial charge in [-0.3, -0.25) is 0 Å². The maximum Gasteiger partial charge on any atom is 0.208 e. The second-order valence-electron chi connectivity index (χ2n) is 24.8. The van der Waals surface area contributed by atoms with E-state index in [0.717, 1.165) is 60.8 Å². The molecular weight excluding hydrogens is 785 g/mol. The van der Waals surface area contributed by atoms with Crippen molar-refractivity contribution < 1.29 is 18.6 Å². The molecule has 0 aliphatic heterocycles. The second kappa shape index (κ2) is 21.6. The zero-order chi connectivity index (χ0) is 45.7. The van der Waals surface area contributed by atoms with Crippen LogP contribution in [-0.4, -0.2) is 48.7 Å². The topological polar surface area (TPSA) is 113 Å². The summed E-state index contributed by atoms with van der Waals surface area (Å²) in [6.07, 6.45) is 36.2. The van der Waals surface area contributed by atoms with Crippen LogP contribution in [0.5, 0.6) is 0 Å². The third-order valence-electron chi connectivity index (χ3n) is 17.3. The number of aliphatic hydroxyl groups is 2. The van der Waals surface area contributed by atoms with E-state index in [1.54, 1.807) is 16.7 Å². The van der Waals surface area contributed by atoms with Crippen molar-refractivity contribution in [1.82, 2.24) is 4.72 Å². The van der Waals surface area contributed by atoms with E-state index < -0.39 is 21.7 Å². The minimum Gasteiger partial charge on any atom is -0.393 e. The van der Waals surface area contributed by atoms with Crippen molar-refractivity contribution >= 4 is 10.0 Å². The lowest BCUT2D eigenvalue weighted by atomic mass is 9.60. The summed E-state index contributed by atoms with van der Waals surface area (Å²) in [6, 6.07) is 0.162. The quantitative estimate of drug-likeness (QED) is 0.147. The average molecular weight is 881 g/mol. The molecule has 0 saturated heterocycles. The Balaban J connectivity index is 0.000000236. The molecule has 6 aliphatic rings. The fraction of sp³-hybridized carbons (Fsp3) is 0.855. The van der Waals surface area contributed by atoms with Crippen molar-refractivity contribution in [3.05, 3.63) is 46.6 Å². The lowest BCUT2D eigenvalue weighted by Crippen LogP contribution is -2.39. The largest absolute Gasteiger partial charge is 0.393 e. The Morgan fingerprint density at radius 2 is 1.26 bits per heavy atom. The average Bonchev–Trinajstić information content (AvgIpc) is 3.68. The highest BCUT2D eigenvalue weighted by Gasteiger charge is 2.51. The molecule has 0 heterocycles. The fourth-order valence-corrected chi connectivity index (χ4v) is 15.3. The third-order valence-corrected chi connectivity index (χ3v) is 18.1. The molecule has 7 heteroatoms. The summed E-state index contributed by atoms with van der Waals surface area (Å²) in [6.45, 7) is 23.5. The van der Waals surface area contributed by atoms with Crippen LogP contribution in [0.1, 0.15) is 210 Å². The SMILES string of the molecule is C[C@@H]1C/C(=C/C=C2\CCC[C@]3(C)[C@@H]([C@H](C)CCCC(C)(C)C)CC[C@@H]23)C[C@@H](N)C1.C[C@H](CCCC(C)(C)O)[C@H]1CC[C@H]2/C(=C/C=C3/C[C@@H](O)C[C@H](NS(C)(=O)=O)C3)CCC[C@]12C. The maximum absolute atomic E-state index is 11.6. The summed E-state index contributed by atoms with van der Waals surface area (Å²) >= 11 is 0. The van der Waals surface area contributed by atoms with Crippen LogP contribution in [-0.2, 0) is 10.0 Å². The van der Waals surface area contributed by atoms with Crippen molar-refractivity contribution in [2.75, 3.05) is 6.26 Å². The van der Waals surface area contributed by atoms with Gasteiger partial charge in [0, 0.05) is 12.1 Å². The Kier molecular flexibility index (Phi) is 18.0. The molecule has 0 spiro atoms. The molecule has 0 aromatic carbocycles. The molecule has 0 amide bonds. The highest BCUT2D eigenvalue weighted by molar-refractivity contribution is 7.88. The molecule has 62 heavy (non-hydrogen) atoms. The molecule has 6 rings (SSSR count). The number of nitrogens with two attached hydrogens (primary N) is 1. The van der Waals surface area contributed by atoms with Gasteiger partial charge in [0.1, 0.15) is 0 Å². The zero-order valence-corrected chi connectivity index (χ0v) is 42.7. The Morgan fingerprint density at radius 1 is 0.758 bits per heavy atom. The summed E-state index contributed by atoms with van der Waals surface area (Å²) < 4.78 is 26.0. The van der Waals surface area contributed by atoms with Crippen molar-refractivity contribution in [3.63, 3.8) is 0 Å². The first-order valence-electron chi connectivity index (χ1n) is 25.8. The van der Waals surface area contributed by atoms with Crippen LogP contribution < -0.4 is 10.5 Å². The molecular formula is C55H96N2O4S. The van der Waals surface area contributed by atoms with Gasteiger partial charge in [-0.2, -0.15) is 0 Å². The van der Waals surface area contributed by atoms with Gasteiger partial charge in [0.05, 0.1) is 18.0 Å². The van der Waals surface area contributed by atoms with Gasteiger partial charge >= 0.3 is 0 Å². The van der Waals surface area contributed by atoms with Crippen LogP contribution in [0.4, 0.5) is 0 Å². The van der Waals surface area contributed by atoms with Gasteiger partial charge < -0.3 is 15.9 Å². The number of hydrogen-bond donors (Lipinski definition) is 4. The van der Waals surface area contributed by atoms with Gasteiger partial charge in [0.15, 0.2) is 0 Å². The predicted molar refractivity (Wildman–Crippen MR) is 263 cm³/mol. The lowest BCUT2D eigenvalue weighted by molar-refractivity contribution is 0.0596. The van der Waals surface area contributed by atoms with Gasteiger partial charge in [-0.25, -0.2) is 13.1 Å². The number of rotatable bonds is 13. The maximum atomic E-state index is 11.6. The normalized spacial score (nSPS) is 38.2. The monoisotopic (exact) mass is 881 g/mol. The summed E-state index contributed by atoms with van der Waals surface area (Å²) in [4.78, 5) is 0. The minimum atomic E-state index is -3.27. The third kappa shape index (κ3) is 14.6. The molecule has 0 aromatic heterocycles. The lowest BCUT2D eigenvalue weighted by Gasteiger charge is -2.44. The molecule has 6 saturated carbocycles. The molecule has 0 unspecified atom stereocenters. The molecule has 6 fully saturated rings. The summed E-state index contributed by atoms with van der Waals surface area (Å²) in [7, 11) is -3.27. The highest BCUT2D eigenvalue weighted by atomic mass is 32.2. The fourth-order valence-electron chi connectivity index (χ4n) is 14.5. The number of allylic oxidation sites excluding steroid dienone is 6. The van der Waals surface area contributed by atoms with E-state index in [2.05, 4.69) is 84.4 Å². The van der Waals surface area contributed by atoms with Crippen LogP contribution in [0.3, 0.4) is 0 Å². The van der Waals surface area contributed by atoms with Crippen molar-refractivity contribution in [2.45, 2.75) is 234 Å². The summed E-state index contributed by atoms with van der Waals surface area (Å²) in [5.41, 5.74) is 13.1. The van der Waals surface area contributed by atoms with Crippen LogP contribution in [0.15, 0.2) is 46.6 Å². The number of nitrogens with one attached hydrogen (secondary N) is 1. The second-order valence-corrected chi connectivity index (χ2v) is 26.6. The Morgan fingerprint density at radius 3 is 1.73 bits per heavy atom. The first-order chi connectivity index (χ1) is 28.8. The molecule has 0 bridgehead atoms. The molecule has 356 valence electrons. The number of sulfonamides is 1. The van der Waals surface area contributed by atoms with E-state index in [9.17, 15) is 18.6 Å². The van der Waals surface area contributed by atoms with E-state index in [1.807, 2.05) is 13.8 Å². The van der Waals surface area contributed by atoms with E-state index >= 15 is 0 Å². The molecule has 12 atom stereocenters. The van der Waals surface area contributed by atoms with Gasteiger partial charge in [-0.05, 0) is 187 Å². The van der Waals surface area contributed by atoms with Crippen LogP contribution in [0.25, 0.3) is 0 Å².